The Bertz CT molecular complexity index is 1010. The second-order valence-corrected chi connectivity index (χ2v) is 8.58. The van der Waals surface area contributed by atoms with E-state index in [1.54, 1.807) is 12.4 Å². The van der Waals surface area contributed by atoms with Gasteiger partial charge in [0.05, 0.1) is 6.04 Å². The third-order valence-corrected chi connectivity index (χ3v) is 5.95. The Hall–Kier alpha value is -3.22. The minimum atomic E-state index is -0.564. The number of amides is 2. The van der Waals surface area contributed by atoms with Crippen LogP contribution < -0.4 is 10.6 Å². The van der Waals surface area contributed by atoms with Crippen molar-refractivity contribution < 1.29 is 9.32 Å². The van der Waals surface area contributed by atoms with Crippen LogP contribution >= 0.6 is 0 Å². The molecule has 7 nitrogen and oxygen atoms in total. The minimum absolute atomic E-state index is 0.138. The van der Waals surface area contributed by atoms with E-state index in [-0.39, 0.29) is 18.0 Å². The lowest BCUT2D eigenvalue weighted by molar-refractivity contribution is 0.217. The SMILES string of the molecule is CC(C)c1nc(C2(NC(=O)N[C@@H](C)c3ccc(-c4ccncc4)cc3)CCCC2)no1. The molecule has 2 aromatic heterocycles. The van der Waals surface area contributed by atoms with Gasteiger partial charge in [0.15, 0.2) is 5.82 Å². The quantitative estimate of drug-likeness (QED) is 0.581. The molecule has 1 fully saturated rings. The average molecular weight is 420 g/mol. The molecule has 31 heavy (non-hydrogen) atoms. The highest BCUT2D eigenvalue weighted by Gasteiger charge is 2.41. The largest absolute Gasteiger partial charge is 0.339 e. The molecular formula is C24H29N5O2. The molecule has 2 amide bonds. The zero-order valence-corrected chi connectivity index (χ0v) is 18.3. The van der Waals surface area contributed by atoms with Crippen LogP contribution in [0.2, 0.25) is 0 Å². The highest BCUT2D eigenvalue weighted by atomic mass is 16.5. The molecule has 0 radical (unpaired) electrons. The molecule has 3 aromatic rings. The van der Waals surface area contributed by atoms with Gasteiger partial charge < -0.3 is 15.2 Å². The number of pyridine rings is 1. The number of urea groups is 1. The third kappa shape index (κ3) is 4.60. The molecule has 4 rings (SSSR count). The van der Waals surface area contributed by atoms with Crippen LogP contribution in [-0.4, -0.2) is 21.2 Å². The molecular weight excluding hydrogens is 390 g/mol. The molecule has 0 spiro atoms. The summed E-state index contributed by atoms with van der Waals surface area (Å²) in [5, 5.41) is 10.4. The maximum Gasteiger partial charge on any atom is 0.316 e. The van der Waals surface area contributed by atoms with Crippen molar-refractivity contribution >= 4 is 6.03 Å². The zero-order valence-electron chi connectivity index (χ0n) is 18.3. The van der Waals surface area contributed by atoms with Crippen LogP contribution in [-0.2, 0) is 5.54 Å². The highest BCUT2D eigenvalue weighted by molar-refractivity contribution is 5.75. The fourth-order valence-corrected chi connectivity index (χ4v) is 4.09. The molecule has 0 bridgehead atoms. The zero-order chi connectivity index (χ0) is 21.8. The van der Waals surface area contributed by atoms with Crippen molar-refractivity contribution in [3.8, 4) is 11.1 Å². The number of nitrogens with one attached hydrogen (secondary N) is 2. The van der Waals surface area contributed by atoms with Gasteiger partial charge in [0.2, 0.25) is 5.89 Å². The molecule has 7 heteroatoms. The lowest BCUT2D eigenvalue weighted by Crippen LogP contribution is -2.49. The van der Waals surface area contributed by atoms with Crippen molar-refractivity contribution in [1.82, 2.24) is 25.8 Å². The first-order valence-corrected chi connectivity index (χ1v) is 10.9. The number of carbonyl (C=O) groups excluding carboxylic acids is 1. The van der Waals surface area contributed by atoms with Crippen LogP contribution in [0.3, 0.4) is 0 Å². The van der Waals surface area contributed by atoms with E-state index in [1.165, 1.54) is 0 Å². The molecule has 0 saturated heterocycles. The first-order valence-electron chi connectivity index (χ1n) is 10.9. The first kappa shape index (κ1) is 21.0. The second-order valence-electron chi connectivity index (χ2n) is 8.58. The van der Waals surface area contributed by atoms with Crippen molar-refractivity contribution in [1.29, 1.82) is 0 Å². The van der Waals surface area contributed by atoms with Crippen LogP contribution in [0.25, 0.3) is 11.1 Å². The summed E-state index contributed by atoms with van der Waals surface area (Å²) in [7, 11) is 0. The molecule has 162 valence electrons. The summed E-state index contributed by atoms with van der Waals surface area (Å²) in [6, 6.07) is 11.8. The summed E-state index contributed by atoms with van der Waals surface area (Å²) in [6.07, 6.45) is 7.24. The fraction of sp³-hybridized carbons (Fsp3) is 0.417. The summed E-state index contributed by atoms with van der Waals surface area (Å²) < 4.78 is 5.41. The number of hydrogen-bond donors (Lipinski definition) is 2. The molecule has 1 atom stereocenters. The molecule has 1 aliphatic rings. The standard InChI is InChI=1S/C24H29N5O2/c1-16(2)21-27-22(29-31-21)24(12-4-5-13-24)28-23(30)26-17(3)18-6-8-19(9-7-18)20-10-14-25-15-11-20/h6-11,14-17H,4-5,12-13H2,1-3H3,(H2,26,28,30)/t17-/m0/s1. The fourth-order valence-electron chi connectivity index (χ4n) is 4.09. The Labute approximate surface area is 182 Å². The molecule has 2 N–H and O–H groups in total. The Kier molecular flexibility index (Phi) is 6.02. The summed E-state index contributed by atoms with van der Waals surface area (Å²) in [5.74, 6) is 1.34. The smallest absolute Gasteiger partial charge is 0.316 e. The van der Waals surface area contributed by atoms with Crippen molar-refractivity contribution in [2.45, 2.75) is 64.0 Å². The lowest BCUT2D eigenvalue weighted by Gasteiger charge is -2.28. The minimum Gasteiger partial charge on any atom is -0.339 e. The Morgan fingerprint density at radius 3 is 2.26 bits per heavy atom. The van der Waals surface area contributed by atoms with Gasteiger partial charge in [-0.25, -0.2) is 4.79 Å². The lowest BCUT2D eigenvalue weighted by atomic mass is 9.96. The normalized spacial score (nSPS) is 16.3. The number of hydrogen-bond acceptors (Lipinski definition) is 5. The monoisotopic (exact) mass is 419 g/mol. The van der Waals surface area contributed by atoms with E-state index in [1.807, 2.05) is 45.0 Å². The van der Waals surface area contributed by atoms with E-state index in [9.17, 15) is 4.79 Å². The molecule has 1 aromatic carbocycles. The van der Waals surface area contributed by atoms with Crippen molar-refractivity contribution in [2.24, 2.45) is 0 Å². The molecule has 0 aliphatic heterocycles. The van der Waals surface area contributed by atoms with E-state index >= 15 is 0 Å². The Morgan fingerprint density at radius 2 is 1.65 bits per heavy atom. The molecule has 2 heterocycles. The van der Waals surface area contributed by atoms with Gasteiger partial charge in [-0.1, -0.05) is 56.1 Å². The first-order chi connectivity index (χ1) is 15.0. The summed E-state index contributed by atoms with van der Waals surface area (Å²) >= 11 is 0. The average Bonchev–Trinajstić information content (AvgIpc) is 3.45. The Morgan fingerprint density at radius 1 is 1.00 bits per heavy atom. The van der Waals surface area contributed by atoms with E-state index in [4.69, 9.17) is 4.52 Å². The van der Waals surface area contributed by atoms with E-state index in [0.29, 0.717) is 11.7 Å². The van der Waals surface area contributed by atoms with Gasteiger partial charge in [-0.2, -0.15) is 4.98 Å². The Balaban J connectivity index is 1.43. The van der Waals surface area contributed by atoms with Crippen molar-refractivity contribution in [2.75, 3.05) is 0 Å². The number of benzene rings is 1. The molecule has 1 aliphatic carbocycles. The maximum absolute atomic E-state index is 12.9. The maximum atomic E-state index is 12.9. The van der Waals surface area contributed by atoms with E-state index in [0.717, 1.165) is 42.4 Å². The number of aromatic nitrogens is 3. The van der Waals surface area contributed by atoms with Gasteiger partial charge in [-0.15, -0.1) is 0 Å². The van der Waals surface area contributed by atoms with Gasteiger partial charge in [0.25, 0.3) is 0 Å². The molecule has 1 saturated carbocycles. The summed E-state index contributed by atoms with van der Waals surface area (Å²) in [5.41, 5.74) is 2.70. The topological polar surface area (TPSA) is 92.9 Å². The predicted molar refractivity (Wildman–Crippen MR) is 118 cm³/mol. The van der Waals surface area contributed by atoms with Crippen LogP contribution in [0, 0.1) is 0 Å². The highest BCUT2D eigenvalue weighted by Crippen LogP contribution is 2.37. The van der Waals surface area contributed by atoms with Crippen LogP contribution in [0.5, 0.6) is 0 Å². The van der Waals surface area contributed by atoms with E-state index < -0.39 is 5.54 Å². The number of rotatable bonds is 6. The van der Waals surface area contributed by atoms with Gasteiger partial charge >= 0.3 is 6.03 Å². The van der Waals surface area contributed by atoms with Gasteiger partial charge in [0, 0.05) is 18.3 Å². The van der Waals surface area contributed by atoms with Crippen LogP contribution in [0.15, 0.2) is 53.3 Å². The number of carbonyl (C=O) groups is 1. The second kappa shape index (κ2) is 8.88. The van der Waals surface area contributed by atoms with Gasteiger partial charge in [0.1, 0.15) is 5.54 Å². The molecule has 0 unspecified atom stereocenters. The summed E-state index contributed by atoms with van der Waals surface area (Å²) in [6.45, 7) is 6.01. The van der Waals surface area contributed by atoms with Crippen molar-refractivity contribution in [3.63, 3.8) is 0 Å². The van der Waals surface area contributed by atoms with Gasteiger partial charge in [-0.3, -0.25) is 4.98 Å². The number of nitrogens with zero attached hydrogens (tertiary/aromatic N) is 3. The van der Waals surface area contributed by atoms with Crippen molar-refractivity contribution in [3.05, 3.63) is 66.1 Å². The van der Waals surface area contributed by atoms with Crippen LogP contribution in [0.1, 0.15) is 75.7 Å². The van der Waals surface area contributed by atoms with Crippen LogP contribution in [0.4, 0.5) is 4.79 Å². The van der Waals surface area contributed by atoms with Gasteiger partial charge in [-0.05, 0) is 48.6 Å². The summed E-state index contributed by atoms with van der Waals surface area (Å²) in [4.78, 5) is 21.5. The predicted octanol–water partition coefficient (Wildman–Crippen LogP) is 5.08. The third-order valence-electron chi connectivity index (χ3n) is 5.95. The van der Waals surface area contributed by atoms with E-state index in [2.05, 4.69) is 37.9 Å².